The second-order valence-electron chi connectivity index (χ2n) is 6.98. The molecule has 3 rings (SSSR count). The van der Waals surface area contributed by atoms with Crippen LogP contribution in [0.5, 0.6) is 0 Å². The topological polar surface area (TPSA) is 23.6 Å². The van der Waals surface area contributed by atoms with Gasteiger partial charge in [-0.2, -0.15) is 0 Å². The standard InChI is InChI=1S/C22H27FN2O/c23-21-12-10-20(11-13-21)18-24-14-16-25(17-15-24)22(26)9-5-4-8-19-6-2-1-3-7-19/h1-3,6-7,10-13H,4-5,8-9,14-18H2. The largest absolute Gasteiger partial charge is 0.340 e. The molecule has 2 aromatic carbocycles. The van der Waals surface area contributed by atoms with Crippen LogP contribution in [-0.2, 0) is 17.8 Å². The van der Waals surface area contributed by atoms with Gasteiger partial charge in [0, 0.05) is 39.1 Å². The Kier molecular flexibility index (Phi) is 6.78. The second-order valence-corrected chi connectivity index (χ2v) is 6.98. The van der Waals surface area contributed by atoms with Gasteiger partial charge in [0.25, 0.3) is 0 Å². The zero-order chi connectivity index (χ0) is 18.2. The fourth-order valence-electron chi connectivity index (χ4n) is 3.41. The number of rotatable bonds is 7. The van der Waals surface area contributed by atoms with E-state index in [-0.39, 0.29) is 11.7 Å². The molecule has 138 valence electrons. The quantitative estimate of drug-likeness (QED) is 0.705. The monoisotopic (exact) mass is 354 g/mol. The highest BCUT2D eigenvalue weighted by atomic mass is 19.1. The van der Waals surface area contributed by atoms with Gasteiger partial charge in [-0.25, -0.2) is 4.39 Å². The van der Waals surface area contributed by atoms with Crippen LogP contribution < -0.4 is 0 Å². The molecule has 0 unspecified atom stereocenters. The molecular weight excluding hydrogens is 327 g/mol. The number of piperazine rings is 1. The van der Waals surface area contributed by atoms with Gasteiger partial charge in [-0.15, -0.1) is 0 Å². The van der Waals surface area contributed by atoms with Crippen LogP contribution in [0.15, 0.2) is 54.6 Å². The molecule has 0 bridgehead atoms. The van der Waals surface area contributed by atoms with Crippen LogP contribution in [0.25, 0.3) is 0 Å². The second kappa shape index (κ2) is 9.48. The third kappa shape index (κ3) is 5.67. The van der Waals surface area contributed by atoms with E-state index in [9.17, 15) is 9.18 Å². The number of halogens is 1. The number of hydrogen-bond acceptors (Lipinski definition) is 2. The summed E-state index contributed by atoms with van der Waals surface area (Å²) in [6, 6.07) is 17.1. The first kappa shape index (κ1) is 18.6. The van der Waals surface area contributed by atoms with E-state index in [1.807, 2.05) is 23.1 Å². The molecule has 0 aliphatic carbocycles. The molecule has 0 atom stereocenters. The molecule has 2 aromatic rings. The molecule has 3 nitrogen and oxygen atoms in total. The lowest BCUT2D eigenvalue weighted by molar-refractivity contribution is -0.133. The van der Waals surface area contributed by atoms with Gasteiger partial charge in [-0.3, -0.25) is 9.69 Å². The third-order valence-electron chi connectivity index (χ3n) is 4.99. The van der Waals surface area contributed by atoms with E-state index in [2.05, 4.69) is 29.2 Å². The molecule has 1 aliphatic heterocycles. The first-order chi connectivity index (χ1) is 12.7. The highest BCUT2D eigenvalue weighted by Gasteiger charge is 2.20. The van der Waals surface area contributed by atoms with Crippen molar-refractivity contribution in [3.8, 4) is 0 Å². The molecular formula is C22H27FN2O. The molecule has 1 amide bonds. The maximum atomic E-state index is 13.0. The van der Waals surface area contributed by atoms with Crippen molar-refractivity contribution in [3.63, 3.8) is 0 Å². The lowest BCUT2D eigenvalue weighted by Gasteiger charge is -2.34. The third-order valence-corrected chi connectivity index (χ3v) is 4.99. The van der Waals surface area contributed by atoms with Gasteiger partial charge in [-0.05, 0) is 42.5 Å². The number of carbonyl (C=O) groups excluding carboxylic acids is 1. The summed E-state index contributed by atoms with van der Waals surface area (Å²) >= 11 is 0. The molecule has 0 saturated carbocycles. The Morgan fingerprint density at radius 1 is 0.846 bits per heavy atom. The number of carbonyl (C=O) groups is 1. The normalized spacial score (nSPS) is 15.2. The van der Waals surface area contributed by atoms with Crippen LogP contribution in [0.1, 0.15) is 30.4 Å². The summed E-state index contributed by atoms with van der Waals surface area (Å²) in [4.78, 5) is 16.7. The van der Waals surface area contributed by atoms with Gasteiger partial charge < -0.3 is 4.90 Å². The first-order valence-electron chi connectivity index (χ1n) is 9.49. The minimum Gasteiger partial charge on any atom is -0.340 e. The van der Waals surface area contributed by atoms with Crippen molar-refractivity contribution >= 4 is 5.91 Å². The molecule has 0 N–H and O–H groups in total. The molecule has 4 heteroatoms. The van der Waals surface area contributed by atoms with E-state index in [1.165, 1.54) is 17.7 Å². The number of amides is 1. The Hall–Kier alpha value is -2.20. The van der Waals surface area contributed by atoms with Crippen LogP contribution in [0.4, 0.5) is 4.39 Å². The van der Waals surface area contributed by atoms with Crippen LogP contribution in [0.3, 0.4) is 0 Å². The summed E-state index contributed by atoms with van der Waals surface area (Å²) in [6.45, 7) is 4.16. The zero-order valence-corrected chi connectivity index (χ0v) is 15.2. The summed E-state index contributed by atoms with van der Waals surface area (Å²) < 4.78 is 13.0. The summed E-state index contributed by atoms with van der Waals surface area (Å²) in [5.74, 6) is 0.0796. The molecule has 0 radical (unpaired) electrons. The van der Waals surface area contributed by atoms with Gasteiger partial charge in [0.1, 0.15) is 5.82 Å². The Labute approximate surface area is 155 Å². The minimum atomic E-state index is -0.198. The van der Waals surface area contributed by atoms with Crippen molar-refractivity contribution in [2.45, 2.75) is 32.2 Å². The molecule has 1 heterocycles. The van der Waals surface area contributed by atoms with E-state index < -0.39 is 0 Å². The van der Waals surface area contributed by atoms with Gasteiger partial charge in [0.15, 0.2) is 0 Å². The highest BCUT2D eigenvalue weighted by Crippen LogP contribution is 2.12. The number of nitrogens with zero attached hydrogens (tertiary/aromatic N) is 2. The van der Waals surface area contributed by atoms with Crippen molar-refractivity contribution in [2.24, 2.45) is 0 Å². The van der Waals surface area contributed by atoms with Crippen LogP contribution >= 0.6 is 0 Å². The van der Waals surface area contributed by atoms with Crippen molar-refractivity contribution in [3.05, 3.63) is 71.5 Å². The molecule has 1 fully saturated rings. The van der Waals surface area contributed by atoms with E-state index in [0.29, 0.717) is 6.42 Å². The SMILES string of the molecule is O=C(CCCCc1ccccc1)N1CCN(Cc2ccc(F)cc2)CC1. The zero-order valence-electron chi connectivity index (χ0n) is 15.2. The molecule has 1 aliphatic rings. The van der Waals surface area contributed by atoms with E-state index in [4.69, 9.17) is 0 Å². The lowest BCUT2D eigenvalue weighted by atomic mass is 10.1. The predicted molar refractivity (Wildman–Crippen MR) is 102 cm³/mol. The summed E-state index contributed by atoms with van der Waals surface area (Å²) in [7, 11) is 0. The summed E-state index contributed by atoms with van der Waals surface area (Å²) in [5, 5.41) is 0. The Bertz CT molecular complexity index is 679. The van der Waals surface area contributed by atoms with Crippen LogP contribution in [-0.4, -0.2) is 41.9 Å². The summed E-state index contributed by atoms with van der Waals surface area (Å²) in [5.41, 5.74) is 2.46. The number of benzene rings is 2. The number of unbranched alkanes of at least 4 members (excludes halogenated alkanes) is 1. The Morgan fingerprint density at radius 3 is 2.23 bits per heavy atom. The fourth-order valence-corrected chi connectivity index (χ4v) is 3.41. The van der Waals surface area contributed by atoms with Crippen molar-refractivity contribution in [1.82, 2.24) is 9.80 Å². The van der Waals surface area contributed by atoms with Crippen LogP contribution in [0.2, 0.25) is 0 Å². The average molecular weight is 354 g/mol. The van der Waals surface area contributed by atoms with Crippen molar-refractivity contribution in [1.29, 1.82) is 0 Å². The maximum absolute atomic E-state index is 13.0. The molecule has 0 aromatic heterocycles. The smallest absolute Gasteiger partial charge is 0.222 e. The summed E-state index contributed by atoms with van der Waals surface area (Å²) in [6.07, 6.45) is 3.69. The van der Waals surface area contributed by atoms with Crippen LogP contribution in [0, 0.1) is 5.82 Å². The first-order valence-corrected chi connectivity index (χ1v) is 9.49. The highest BCUT2D eigenvalue weighted by molar-refractivity contribution is 5.76. The van der Waals surface area contributed by atoms with E-state index in [1.54, 1.807) is 0 Å². The maximum Gasteiger partial charge on any atom is 0.222 e. The Morgan fingerprint density at radius 2 is 1.54 bits per heavy atom. The van der Waals surface area contributed by atoms with Gasteiger partial charge >= 0.3 is 0 Å². The molecule has 1 saturated heterocycles. The van der Waals surface area contributed by atoms with Crippen molar-refractivity contribution < 1.29 is 9.18 Å². The average Bonchev–Trinajstić information content (AvgIpc) is 2.68. The fraction of sp³-hybridized carbons (Fsp3) is 0.409. The van der Waals surface area contributed by atoms with Gasteiger partial charge in [0.2, 0.25) is 5.91 Å². The molecule has 26 heavy (non-hydrogen) atoms. The van der Waals surface area contributed by atoms with Gasteiger partial charge in [0.05, 0.1) is 0 Å². The van der Waals surface area contributed by atoms with E-state index in [0.717, 1.165) is 57.5 Å². The lowest BCUT2D eigenvalue weighted by Crippen LogP contribution is -2.48. The minimum absolute atomic E-state index is 0.198. The van der Waals surface area contributed by atoms with Gasteiger partial charge in [-0.1, -0.05) is 42.5 Å². The predicted octanol–water partition coefficient (Wildman–Crippen LogP) is 3.88. The number of aryl methyl sites for hydroxylation is 1. The Balaban J connectivity index is 1.33. The van der Waals surface area contributed by atoms with E-state index >= 15 is 0 Å². The molecule has 0 spiro atoms. The number of hydrogen-bond donors (Lipinski definition) is 0. The van der Waals surface area contributed by atoms with Crippen molar-refractivity contribution in [2.75, 3.05) is 26.2 Å².